The Hall–Kier alpha value is -3.45. The van der Waals surface area contributed by atoms with Crippen LogP contribution in [0.1, 0.15) is 34.6 Å². The number of carbonyl (C=O) groups is 1. The standard InChI is InChI=1S/C23H19N3O3S/c1-14-3-2-4-15(11-14)13-29-17-7-5-16(6-8-17)18-12-19(27)24-21-20(18)22(28)25-23-26(21)9-10-30-23/h2-11,18H,12-13H2,1H3,(H,24,27)/t18-/m0/s1. The molecular formula is C23H19N3O3S. The highest BCUT2D eigenvalue weighted by molar-refractivity contribution is 7.15. The number of nitrogens with one attached hydrogen (secondary N) is 1. The molecular weight excluding hydrogens is 398 g/mol. The molecule has 150 valence electrons. The second-order valence-electron chi connectivity index (χ2n) is 7.39. The quantitative estimate of drug-likeness (QED) is 0.542. The lowest BCUT2D eigenvalue weighted by molar-refractivity contribution is -0.116. The maximum atomic E-state index is 12.7. The minimum absolute atomic E-state index is 0.113. The average molecular weight is 417 g/mol. The number of carbonyl (C=O) groups excluding carboxylic acids is 1. The van der Waals surface area contributed by atoms with Crippen molar-refractivity contribution in [1.82, 2.24) is 9.38 Å². The Morgan fingerprint density at radius 3 is 2.83 bits per heavy atom. The number of aromatic nitrogens is 2. The van der Waals surface area contributed by atoms with Crippen LogP contribution in [0.2, 0.25) is 0 Å². The summed E-state index contributed by atoms with van der Waals surface area (Å²) in [6, 6.07) is 15.8. The molecule has 1 N–H and O–H groups in total. The van der Waals surface area contributed by atoms with E-state index in [-0.39, 0.29) is 23.8 Å². The topological polar surface area (TPSA) is 72.7 Å². The van der Waals surface area contributed by atoms with Crippen LogP contribution in [0.15, 0.2) is 64.9 Å². The third kappa shape index (κ3) is 3.37. The van der Waals surface area contributed by atoms with Crippen molar-refractivity contribution in [1.29, 1.82) is 0 Å². The normalized spacial score (nSPS) is 15.6. The lowest BCUT2D eigenvalue weighted by Gasteiger charge is -2.25. The van der Waals surface area contributed by atoms with Crippen molar-refractivity contribution in [3.05, 3.63) is 92.7 Å². The lowest BCUT2D eigenvalue weighted by atomic mass is 9.87. The number of thiazole rings is 1. The van der Waals surface area contributed by atoms with Gasteiger partial charge in [0.15, 0.2) is 4.96 Å². The molecule has 1 aliphatic heterocycles. The number of rotatable bonds is 4. The molecule has 7 heteroatoms. The van der Waals surface area contributed by atoms with E-state index >= 15 is 0 Å². The molecule has 0 saturated carbocycles. The molecule has 4 aromatic rings. The van der Waals surface area contributed by atoms with Gasteiger partial charge in [0, 0.05) is 23.9 Å². The Morgan fingerprint density at radius 2 is 2.03 bits per heavy atom. The second-order valence-corrected chi connectivity index (χ2v) is 8.26. The van der Waals surface area contributed by atoms with E-state index in [2.05, 4.69) is 29.4 Å². The zero-order valence-corrected chi connectivity index (χ0v) is 17.1. The van der Waals surface area contributed by atoms with Crippen molar-refractivity contribution < 1.29 is 9.53 Å². The van der Waals surface area contributed by atoms with E-state index in [1.807, 2.05) is 48.0 Å². The first-order chi connectivity index (χ1) is 14.6. The summed E-state index contributed by atoms with van der Waals surface area (Å²) in [5.74, 6) is 0.811. The second kappa shape index (κ2) is 7.42. The molecule has 0 fully saturated rings. The smallest absolute Gasteiger partial charge is 0.279 e. The number of hydrogen-bond donors (Lipinski definition) is 1. The van der Waals surface area contributed by atoms with Gasteiger partial charge >= 0.3 is 0 Å². The number of ether oxygens (including phenoxy) is 1. The maximum absolute atomic E-state index is 12.7. The molecule has 0 radical (unpaired) electrons. The van der Waals surface area contributed by atoms with E-state index in [0.29, 0.717) is 22.9 Å². The predicted octanol–water partition coefficient (Wildman–Crippen LogP) is 4.12. The third-order valence-corrected chi connectivity index (χ3v) is 6.04. The van der Waals surface area contributed by atoms with Crippen LogP contribution in [0, 0.1) is 6.92 Å². The Morgan fingerprint density at radius 1 is 1.20 bits per heavy atom. The molecule has 6 nitrogen and oxygen atoms in total. The number of hydrogen-bond acceptors (Lipinski definition) is 5. The Kier molecular flexibility index (Phi) is 4.59. The summed E-state index contributed by atoms with van der Waals surface area (Å²) in [6.45, 7) is 2.54. The molecule has 1 atom stereocenters. The van der Waals surface area contributed by atoms with Crippen molar-refractivity contribution in [2.24, 2.45) is 0 Å². The number of amides is 1. The third-order valence-electron chi connectivity index (χ3n) is 5.28. The number of fused-ring (bicyclic) bond motifs is 3. The fourth-order valence-electron chi connectivity index (χ4n) is 3.86. The van der Waals surface area contributed by atoms with E-state index < -0.39 is 0 Å². The number of aryl methyl sites for hydroxylation is 1. The van der Waals surface area contributed by atoms with Gasteiger partial charge in [-0.3, -0.25) is 14.0 Å². The molecule has 0 aliphatic carbocycles. The molecule has 1 amide bonds. The van der Waals surface area contributed by atoms with Crippen molar-refractivity contribution >= 4 is 28.0 Å². The van der Waals surface area contributed by atoms with Crippen LogP contribution in [-0.4, -0.2) is 15.3 Å². The number of nitrogens with zero attached hydrogens (tertiary/aromatic N) is 2. The molecule has 0 bridgehead atoms. The van der Waals surface area contributed by atoms with E-state index in [4.69, 9.17) is 4.74 Å². The van der Waals surface area contributed by atoms with Gasteiger partial charge in [0.2, 0.25) is 5.91 Å². The minimum Gasteiger partial charge on any atom is -0.489 e. The van der Waals surface area contributed by atoms with Crippen molar-refractivity contribution in [3.8, 4) is 5.75 Å². The molecule has 3 heterocycles. The maximum Gasteiger partial charge on any atom is 0.279 e. The van der Waals surface area contributed by atoms with Gasteiger partial charge in [0.25, 0.3) is 5.56 Å². The van der Waals surface area contributed by atoms with Gasteiger partial charge in [0.1, 0.15) is 18.2 Å². The Balaban J connectivity index is 1.44. The fraction of sp³-hybridized carbons (Fsp3) is 0.174. The van der Waals surface area contributed by atoms with Crippen molar-refractivity contribution in [3.63, 3.8) is 0 Å². The predicted molar refractivity (Wildman–Crippen MR) is 116 cm³/mol. The number of anilines is 1. The summed E-state index contributed by atoms with van der Waals surface area (Å²) in [5.41, 5.74) is 3.43. The van der Waals surface area contributed by atoms with Crippen LogP contribution in [-0.2, 0) is 11.4 Å². The van der Waals surface area contributed by atoms with Gasteiger partial charge in [-0.2, -0.15) is 4.98 Å². The van der Waals surface area contributed by atoms with Crippen LogP contribution in [0.5, 0.6) is 5.75 Å². The molecule has 30 heavy (non-hydrogen) atoms. The van der Waals surface area contributed by atoms with E-state index in [9.17, 15) is 9.59 Å². The molecule has 0 unspecified atom stereocenters. The summed E-state index contributed by atoms with van der Waals surface area (Å²) < 4.78 is 7.66. The summed E-state index contributed by atoms with van der Waals surface area (Å²) in [4.78, 5) is 29.9. The van der Waals surface area contributed by atoms with Gasteiger partial charge in [-0.05, 0) is 30.2 Å². The first-order valence-electron chi connectivity index (χ1n) is 9.66. The highest BCUT2D eigenvalue weighted by Gasteiger charge is 2.31. The van der Waals surface area contributed by atoms with E-state index in [1.54, 1.807) is 4.40 Å². The monoisotopic (exact) mass is 417 g/mol. The SMILES string of the molecule is Cc1cccc(COc2ccc([C@@H]3CC(=O)Nc4c3c(=O)nc3sccn43)cc2)c1. The lowest BCUT2D eigenvalue weighted by Crippen LogP contribution is -2.31. The van der Waals surface area contributed by atoms with Gasteiger partial charge in [-0.15, -0.1) is 11.3 Å². The zero-order chi connectivity index (χ0) is 20.7. The van der Waals surface area contributed by atoms with E-state index in [1.165, 1.54) is 16.9 Å². The van der Waals surface area contributed by atoms with Crippen LogP contribution in [0.3, 0.4) is 0 Å². The van der Waals surface area contributed by atoms with Crippen LogP contribution >= 0.6 is 11.3 Å². The number of benzene rings is 2. The van der Waals surface area contributed by atoms with E-state index in [0.717, 1.165) is 16.9 Å². The molecule has 0 saturated heterocycles. The highest BCUT2D eigenvalue weighted by atomic mass is 32.1. The molecule has 2 aromatic carbocycles. The molecule has 0 spiro atoms. The zero-order valence-electron chi connectivity index (χ0n) is 16.3. The molecule has 1 aliphatic rings. The Labute approximate surface area is 176 Å². The van der Waals surface area contributed by atoms with Gasteiger partial charge in [0.05, 0.1) is 5.56 Å². The van der Waals surface area contributed by atoms with Gasteiger partial charge in [-0.25, -0.2) is 0 Å². The summed E-state index contributed by atoms with van der Waals surface area (Å²) >= 11 is 1.36. The molecule has 5 rings (SSSR count). The van der Waals surface area contributed by atoms with Crippen molar-refractivity contribution in [2.45, 2.75) is 25.9 Å². The largest absolute Gasteiger partial charge is 0.489 e. The first kappa shape index (κ1) is 18.6. The summed E-state index contributed by atoms with van der Waals surface area (Å²) in [6.07, 6.45) is 2.03. The van der Waals surface area contributed by atoms with Crippen LogP contribution in [0.4, 0.5) is 5.82 Å². The average Bonchev–Trinajstić information content (AvgIpc) is 3.21. The van der Waals surface area contributed by atoms with Gasteiger partial charge in [-0.1, -0.05) is 42.0 Å². The van der Waals surface area contributed by atoms with Crippen LogP contribution in [0.25, 0.3) is 4.96 Å². The fourth-order valence-corrected chi connectivity index (χ4v) is 4.57. The van der Waals surface area contributed by atoms with Crippen LogP contribution < -0.4 is 15.6 Å². The molecule has 2 aromatic heterocycles. The summed E-state index contributed by atoms with van der Waals surface area (Å²) in [5, 5.41) is 4.70. The first-order valence-corrected chi connectivity index (χ1v) is 10.5. The van der Waals surface area contributed by atoms with Gasteiger partial charge < -0.3 is 10.1 Å². The Bertz CT molecular complexity index is 1310. The minimum atomic E-state index is -0.337. The summed E-state index contributed by atoms with van der Waals surface area (Å²) in [7, 11) is 0. The highest BCUT2D eigenvalue weighted by Crippen LogP contribution is 2.36. The van der Waals surface area contributed by atoms with Crippen molar-refractivity contribution in [2.75, 3.05) is 5.32 Å².